The Hall–Kier alpha value is -0.759. The van der Waals surface area contributed by atoms with E-state index in [9.17, 15) is 0 Å². The first kappa shape index (κ1) is 39.7. The molecule has 2 aromatic carbocycles. The highest BCUT2D eigenvalue weighted by molar-refractivity contribution is 7.99. The third-order valence-corrected chi connectivity index (χ3v) is 25.3. The summed E-state index contributed by atoms with van der Waals surface area (Å²) in [4.78, 5) is 1.15. The number of rotatable bonds is 12. The van der Waals surface area contributed by atoms with Crippen LogP contribution in [0.2, 0.25) is 54.4 Å². The van der Waals surface area contributed by atoms with Crippen LogP contribution >= 0.6 is 11.8 Å². The molecule has 3 unspecified atom stereocenters. The van der Waals surface area contributed by atoms with Crippen molar-refractivity contribution in [3.63, 3.8) is 0 Å². The highest BCUT2D eigenvalue weighted by Gasteiger charge is 2.56. The highest BCUT2D eigenvalue weighted by Crippen LogP contribution is 2.48. The minimum absolute atomic E-state index is 0.00932. The van der Waals surface area contributed by atoms with Crippen molar-refractivity contribution in [2.45, 2.75) is 158 Å². The first-order valence-electron chi connectivity index (χ1n) is 17.0. The second-order valence-corrected chi connectivity index (χ2v) is 32.9. The van der Waals surface area contributed by atoms with E-state index in [2.05, 4.69) is 156 Å². The molecule has 5 atom stereocenters. The van der Waals surface area contributed by atoms with E-state index in [1.165, 1.54) is 0 Å². The molecular weight excluding hydrogens is 641 g/mol. The molecule has 2 aromatic rings. The van der Waals surface area contributed by atoms with E-state index < -0.39 is 25.0 Å². The second-order valence-electron chi connectivity index (χ2n) is 17.5. The first-order chi connectivity index (χ1) is 21.0. The van der Waals surface area contributed by atoms with E-state index >= 15 is 0 Å². The molecule has 0 radical (unpaired) electrons. The van der Waals surface area contributed by atoms with Crippen LogP contribution in [-0.2, 0) is 29.4 Å². The lowest BCUT2D eigenvalue weighted by atomic mass is 10.0. The van der Waals surface area contributed by atoms with E-state index in [1.807, 2.05) is 6.07 Å². The fraction of sp³-hybridized carbons (Fsp3) is 0.676. The van der Waals surface area contributed by atoms with Crippen LogP contribution in [0.15, 0.2) is 65.6 Å². The predicted octanol–water partition coefficient (Wildman–Crippen LogP) is 10.9. The van der Waals surface area contributed by atoms with E-state index in [0.29, 0.717) is 13.2 Å². The van der Waals surface area contributed by atoms with E-state index in [4.69, 9.17) is 22.8 Å². The minimum atomic E-state index is -2.29. The molecule has 0 amide bonds. The molecule has 0 bridgehead atoms. The summed E-state index contributed by atoms with van der Waals surface area (Å²) in [5.74, 6) is 0. The van der Waals surface area contributed by atoms with Gasteiger partial charge in [0.25, 0.3) is 0 Å². The van der Waals surface area contributed by atoms with Crippen LogP contribution in [0.4, 0.5) is 0 Å². The third kappa shape index (κ3) is 10.1. The van der Waals surface area contributed by atoms with Crippen molar-refractivity contribution in [1.82, 2.24) is 0 Å². The molecule has 0 spiro atoms. The summed E-state index contributed by atoms with van der Waals surface area (Å²) < 4.78 is 36.0. The Kier molecular flexibility index (Phi) is 12.9. The van der Waals surface area contributed by atoms with Gasteiger partial charge in [-0.25, -0.2) is 0 Å². The molecule has 1 aliphatic heterocycles. The molecule has 5 nitrogen and oxygen atoms in total. The average molecular weight is 705 g/mol. The highest BCUT2D eigenvalue weighted by atomic mass is 32.2. The van der Waals surface area contributed by atoms with Gasteiger partial charge in [0, 0.05) is 4.90 Å². The standard InChI is InChI=1S/C37H64O5SSi3/c1-35(2,3)44(10,11)40-31-30(27-38-26-28-22-18-16-19-23-28)39-34(43-29-24-20-17-21-25-29)33(42-46(14,15)37(7,8)9)32(31)41-45(12,13)36(4,5)6/h16-25,30-34H,26-27H2,1-15H3/t30?,31-,32?,33?,34-/m1/s1. The van der Waals surface area contributed by atoms with Crippen molar-refractivity contribution in [1.29, 1.82) is 0 Å². The summed E-state index contributed by atoms with van der Waals surface area (Å²) in [6.07, 6.45) is -1.30. The van der Waals surface area contributed by atoms with Crippen molar-refractivity contribution in [2.75, 3.05) is 6.61 Å². The SMILES string of the molecule is CC(C)(C)[Si](C)(C)OC1C(O[Si](C)(C)C(C)(C)C)[C@@H](Sc2ccccc2)OC(COCc2ccccc2)[C@H]1O[Si](C)(C)C(C)(C)C. The van der Waals surface area contributed by atoms with Crippen LogP contribution in [0.5, 0.6) is 0 Å². The Bertz CT molecular complexity index is 1220. The van der Waals surface area contributed by atoms with Crippen molar-refractivity contribution in [2.24, 2.45) is 0 Å². The Morgan fingerprint density at radius 1 is 0.587 bits per heavy atom. The van der Waals surface area contributed by atoms with Crippen LogP contribution in [-0.4, -0.2) is 61.4 Å². The molecule has 0 aliphatic carbocycles. The van der Waals surface area contributed by atoms with Gasteiger partial charge in [-0.05, 0) is 72.1 Å². The van der Waals surface area contributed by atoms with Crippen LogP contribution in [0.3, 0.4) is 0 Å². The van der Waals surface area contributed by atoms with Gasteiger partial charge < -0.3 is 22.8 Å². The summed E-state index contributed by atoms with van der Waals surface area (Å²) >= 11 is 1.73. The Morgan fingerprint density at radius 3 is 1.46 bits per heavy atom. The van der Waals surface area contributed by atoms with Crippen molar-refractivity contribution in [3.05, 3.63) is 66.2 Å². The zero-order valence-corrected chi connectivity index (χ0v) is 35.3. The number of ether oxygens (including phenoxy) is 2. The maximum absolute atomic E-state index is 7.53. The lowest BCUT2D eigenvalue weighted by molar-refractivity contribution is -0.198. The Labute approximate surface area is 289 Å². The summed E-state index contributed by atoms with van der Waals surface area (Å²) in [6, 6.07) is 20.9. The van der Waals surface area contributed by atoms with Crippen molar-refractivity contribution in [3.8, 4) is 0 Å². The van der Waals surface area contributed by atoms with Crippen LogP contribution in [0.1, 0.15) is 67.9 Å². The monoisotopic (exact) mass is 704 g/mol. The molecule has 0 saturated carbocycles. The van der Waals surface area contributed by atoms with Gasteiger partial charge in [0.2, 0.25) is 0 Å². The molecule has 0 aromatic heterocycles. The van der Waals surface area contributed by atoms with Crippen LogP contribution in [0, 0.1) is 0 Å². The zero-order chi connectivity index (χ0) is 34.8. The minimum Gasteiger partial charge on any atom is -0.408 e. The molecule has 1 fully saturated rings. The molecule has 1 saturated heterocycles. The lowest BCUT2D eigenvalue weighted by Gasteiger charge is -2.54. The largest absolute Gasteiger partial charge is 0.408 e. The fourth-order valence-corrected chi connectivity index (χ4v) is 9.70. The van der Waals surface area contributed by atoms with Gasteiger partial charge in [0.15, 0.2) is 25.0 Å². The Balaban J connectivity index is 2.17. The molecule has 3 rings (SSSR count). The summed E-state index contributed by atoms with van der Waals surface area (Å²) in [5, 5.41) is 0.0348. The second kappa shape index (κ2) is 15.0. The molecule has 1 heterocycles. The van der Waals surface area contributed by atoms with Gasteiger partial charge in [-0.15, -0.1) is 0 Å². The summed E-state index contributed by atoms with van der Waals surface area (Å²) in [7, 11) is -6.82. The van der Waals surface area contributed by atoms with E-state index in [0.717, 1.165) is 10.5 Å². The van der Waals surface area contributed by atoms with Gasteiger partial charge in [-0.1, -0.05) is 123 Å². The zero-order valence-electron chi connectivity index (χ0n) is 31.5. The molecule has 0 N–H and O–H groups in total. The molecular formula is C37H64O5SSi3. The lowest BCUT2D eigenvalue weighted by Crippen LogP contribution is -2.67. The summed E-state index contributed by atoms with van der Waals surface area (Å²) in [5.41, 5.74) is 0.847. The number of thioether (sulfide) groups is 1. The molecule has 260 valence electrons. The maximum Gasteiger partial charge on any atom is 0.192 e. The van der Waals surface area contributed by atoms with Gasteiger partial charge in [-0.3, -0.25) is 0 Å². The van der Waals surface area contributed by atoms with E-state index in [1.54, 1.807) is 11.8 Å². The number of hydrogen-bond acceptors (Lipinski definition) is 6. The molecule has 46 heavy (non-hydrogen) atoms. The predicted molar refractivity (Wildman–Crippen MR) is 203 cm³/mol. The van der Waals surface area contributed by atoms with Crippen molar-refractivity contribution >= 4 is 36.7 Å². The van der Waals surface area contributed by atoms with Crippen LogP contribution < -0.4 is 0 Å². The third-order valence-electron chi connectivity index (χ3n) is 10.7. The van der Waals surface area contributed by atoms with E-state index in [-0.39, 0.29) is 45.0 Å². The van der Waals surface area contributed by atoms with Crippen LogP contribution in [0.25, 0.3) is 0 Å². The topological polar surface area (TPSA) is 46.2 Å². The normalized spacial score (nSPS) is 23.8. The van der Waals surface area contributed by atoms with Gasteiger partial charge in [0.05, 0.1) is 13.2 Å². The first-order valence-corrected chi connectivity index (χ1v) is 26.6. The smallest absolute Gasteiger partial charge is 0.192 e. The van der Waals surface area contributed by atoms with Gasteiger partial charge in [-0.2, -0.15) is 0 Å². The van der Waals surface area contributed by atoms with Gasteiger partial charge >= 0.3 is 0 Å². The fourth-order valence-electron chi connectivity index (χ4n) is 4.56. The number of benzene rings is 2. The summed E-state index contributed by atoms with van der Waals surface area (Å²) in [6.45, 7) is 35.6. The maximum atomic E-state index is 7.53. The molecule has 1 aliphatic rings. The van der Waals surface area contributed by atoms with Gasteiger partial charge in [0.1, 0.15) is 29.9 Å². The number of hydrogen-bond donors (Lipinski definition) is 0. The van der Waals surface area contributed by atoms with Crippen molar-refractivity contribution < 1.29 is 22.8 Å². The Morgan fingerprint density at radius 2 is 1.00 bits per heavy atom. The molecule has 9 heteroatoms. The quantitative estimate of drug-likeness (QED) is 0.205. The average Bonchev–Trinajstić information content (AvgIpc) is 2.91.